The highest BCUT2D eigenvalue weighted by Gasteiger charge is 2.03. The zero-order chi connectivity index (χ0) is 7.84. The van der Waals surface area contributed by atoms with Gasteiger partial charge < -0.3 is 0 Å². The summed E-state index contributed by atoms with van der Waals surface area (Å²) in [6.07, 6.45) is 0. The van der Waals surface area contributed by atoms with Crippen molar-refractivity contribution < 1.29 is 8.78 Å². The lowest BCUT2D eigenvalue weighted by Gasteiger charge is -1.86. The van der Waals surface area contributed by atoms with E-state index in [1.165, 1.54) is 12.1 Å². The lowest BCUT2D eigenvalue weighted by molar-refractivity contribution is 0.586. The van der Waals surface area contributed by atoms with Gasteiger partial charge >= 0.3 is 0 Å². The molecule has 0 saturated carbocycles. The van der Waals surface area contributed by atoms with E-state index in [0.717, 1.165) is 6.07 Å². The Morgan fingerprint density at radius 2 is 2.09 bits per heavy atom. The lowest BCUT2D eigenvalue weighted by atomic mass is 10.2. The van der Waals surface area contributed by atoms with E-state index >= 15 is 0 Å². The Kier molecular flexibility index (Phi) is 1.15. The van der Waals surface area contributed by atoms with Crippen LogP contribution in [-0.2, 0) is 0 Å². The number of fused-ring (bicyclic) bond motifs is 1. The van der Waals surface area contributed by atoms with Crippen molar-refractivity contribution in [3.63, 3.8) is 0 Å². The van der Waals surface area contributed by atoms with Crippen molar-refractivity contribution >= 4 is 10.9 Å². The Morgan fingerprint density at radius 1 is 1.27 bits per heavy atom. The standard InChI is InChI=1S/C7H4F2N2/c8-4-1-2-6-5(3-4)7(9)11-10-6/h1-3H,(H,10,11). The third-order valence-electron chi connectivity index (χ3n) is 1.47. The molecular formula is C7H4F2N2. The van der Waals surface area contributed by atoms with E-state index in [2.05, 4.69) is 10.2 Å². The molecule has 0 aliphatic rings. The molecule has 0 saturated heterocycles. The first-order valence-corrected chi connectivity index (χ1v) is 3.06. The van der Waals surface area contributed by atoms with Crippen LogP contribution in [-0.4, -0.2) is 10.2 Å². The maximum absolute atomic E-state index is 12.6. The minimum Gasteiger partial charge on any atom is -0.252 e. The second-order valence-electron chi connectivity index (χ2n) is 2.20. The number of hydrogen-bond donors (Lipinski definition) is 1. The molecule has 0 amide bonds. The van der Waals surface area contributed by atoms with Gasteiger partial charge in [-0.05, 0) is 18.2 Å². The van der Waals surface area contributed by atoms with Crippen LogP contribution < -0.4 is 0 Å². The maximum Gasteiger partial charge on any atom is 0.216 e. The number of halogens is 2. The van der Waals surface area contributed by atoms with Gasteiger partial charge in [-0.2, -0.15) is 9.49 Å². The monoisotopic (exact) mass is 154 g/mol. The lowest BCUT2D eigenvalue weighted by Crippen LogP contribution is -1.74. The van der Waals surface area contributed by atoms with Crippen LogP contribution in [0.2, 0.25) is 0 Å². The molecule has 0 radical (unpaired) electrons. The largest absolute Gasteiger partial charge is 0.252 e. The number of hydrogen-bond acceptors (Lipinski definition) is 1. The van der Waals surface area contributed by atoms with Crippen molar-refractivity contribution in [2.24, 2.45) is 0 Å². The van der Waals surface area contributed by atoms with Gasteiger partial charge in [0.1, 0.15) is 5.82 Å². The first kappa shape index (κ1) is 6.27. The average Bonchev–Trinajstić information content (AvgIpc) is 2.33. The molecule has 4 heteroatoms. The van der Waals surface area contributed by atoms with E-state index in [1.807, 2.05) is 0 Å². The summed E-state index contributed by atoms with van der Waals surface area (Å²) in [5.74, 6) is -1.06. The quantitative estimate of drug-likeness (QED) is 0.616. The van der Waals surface area contributed by atoms with Crippen molar-refractivity contribution in [3.05, 3.63) is 30.0 Å². The van der Waals surface area contributed by atoms with E-state index in [-0.39, 0.29) is 5.39 Å². The highest BCUT2D eigenvalue weighted by Crippen LogP contribution is 2.14. The molecule has 0 spiro atoms. The molecule has 0 unspecified atom stereocenters. The Hall–Kier alpha value is -1.45. The molecule has 0 aliphatic carbocycles. The van der Waals surface area contributed by atoms with Gasteiger partial charge in [-0.3, -0.25) is 5.10 Å². The van der Waals surface area contributed by atoms with Crippen LogP contribution in [0.15, 0.2) is 18.2 Å². The van der Waals surface area contributed by atoms with Crippen LogP contribution in [0.5, 0.6) is 0 Å². The predicted octanol–water partition coefficient (Wildman–Crippen LogP) is 1.84. The molecule has 0 aliphatic heterocycles. The molecule has 0 bridgehead atoms. The summed E-state index contributed by atoms with van der Waals surface area (Å²) in [7, 11) is 0. The molecule has 1 aromatic heterocycles. The first-order valence-electron chi connectivity index (χ1n) is 3.06. The number of nitrogens with zero attached hydrogens (tertiary/aromatic N) is 1. The van der Waals surface area contributed by atoms with Gasteiger partial charge in [-0.1, -0.05) is 0 Å². The Balaban J connectivity index is 2.87. The van der Waals surface area contributed by atoms with Crippen molar-refractivity contribution in [1.29, 1.82) is 0 Å². The molecule has 2 nitrogen and oxygen atoms in total. The van der Waals surface area contributed by atoms with Gasteiger partial charge in [0.25, 0.3) is 0 Å². The summed E-state index contributed by atoms with van der Waals surface area (Å²) in [5, 5.41) is 5.90. The number of nitrogens with one attached hydrogen (secondary N) is 1. The maximum atomic E-state index is 12.6. The van der Waals surface area contributed by atoms with Crippen LogP contribution in [0.25, 0.3) is 10.9 Å². The second kappa shape index (κ2) is 2.02. The van der Waals surface area contributed by atoms with Crippen LogP contribution >= 0.6 is 0 Å². The molecule has 0 fully saturated rings. The molecule has 2 aromatic rings. The average molecular weight is 154 g/mol. The predicted molar refractivity (Wildman–Crippen MR) is 36.0 cm³/mol. The van der Waals surface area contributed by atoms with Crippen molar-refractivity contribution in [1.82, 2.24) is 10.2 Å². The number of aromatic nitrogens is 2. The number of aromatic amines is 1. The minimum absolute atomic E-state index is 0.185. The molecule has 2 rings (SSSR count). The van der Waals surface area contributed by atoms with E-state index in [4.69, 9.17) is 0 Å². The summed E-state index contributed by atoms with van der Waals surface area (Å²) in [4.78, 5) is 0. The van der Waals surface area contributed by atoms with Crippen LogP contribution in [0.1, 0.15) is 0 Å². The van der Waals surface area contributed by atoms with E-state index in [0.29, 0.717) is 5.52 Å². The molecule has 11 heavy (non-hydrogen) atoms. The first-order chi connectivity index (χ1) is 5.27. The molecule has 1 aromatic carbocycles. The van der Waals surface area contributed by atoms with Gasteiger partial charge in [-0.25, -0.2) is 4.39 Å². The van der Waals surface area contributed by atoms with Crippen LogP contribution in [0, 0.1) is 11.8 Å². The molecule has 1 N–H and O–H groups in total. The fourth-order valence-corrected chi connectivity index (χ4v) is 0.951. The normalized spacial score (nSPS) is 10.7. The number of rotatable bonds is 0. The molecular weight excluding hydrogens is 150 g/mol. The molecule has 1 heterocycles. The summed E-state index contributed by atoms with van der Waals surface area (Å²) in [5.41, 5.74) is 0.434. The van der Waals surface area contributed by atoms with E-state index in [1.54, 1.807) is 0 Å². The highest BCUT2D eigenvalue weighted by atomic mass is 19.1. The third-order valence-corrected chi connectivity index (χ3v) is 1.47. The smallest absolute Gasteiger partial charge is 0.216 e. The minimum atomic E-state index is -0.598. The van der Waals surface area contributed by atoms with Gasteiger partial charge in [0.05, 0.1) is 10.9 Å². The zero-order valence-electron chi connectivity index (χ0n) is 5.44. The fourth-order valence-electron chi connectivity index (χ4n) is 0.951. The second-order valence-corrected chi connectivity index (χ2v) is 2.20. The van der Waals surface area contributed by atoms with Crippen molar-refractivity contribution in [2.45, 2.75) is 0 Å². The third kappa shape index (κ3) is 0.869. The summed E-state index contributed by atoms with van der Waals surface area (Å²) in [6.45, 7) is 0. The topological polar surface area (TPSA) is 28.7 Å². The summed E-state index contributed by atoms with van der Waals surface area (Å²) in [6, 6.07) is 3.76. The van der Waals surface area contributed by atoms with Gasteiger partial charge in [0.2, 0.25) is 5.95 Å². The summed E-state index contributed by atoms with van der Waals surface area (Å²) >= 11 is 0. The zero-order valence-corrected chi connectivity index (χ0v) is 5.44. The van der Waals surface area contributed by atoms with Gasteiger partial charge in [-0.15, -0.1) is 0 Å². The van der Waals surface area contributed by atoms with Gasteiger partial charge in [0.15, 0.2) is 0 Å². The van der Waals surface area contributed by atoms with E-state index < -0.39 is 11.8 Å². The Morgan fingerprint density at radius 3 is 2.91 bits per heavy atom. The van der Waals surface area contributed by atoms with E-state index in [9.17, 15) is 8.78 Å². The molecule has 56 valence electrons. The van der Waals surface area contributed by atoms with Gasteiger partial charge in [0, 0.05) is 0 Å². The SMILES string of the molecule is Fc1ccc2n[nH]c(F)c2c1. The van der Waals surface area contributed by atoms with Crippen molar-refractivity contribution in [2.75, 3.05) is 0 Å². The Bertz CT molecular complexity index is 394. The fraction of sp³-hybridized carbons (Fsp3) is 0. The summed E-state index contributed by atoms with van der Waals surface area (Å²) < 4.78 is 25.1. The Labute approximate surface area is 60.8 Å². The van der Waals surface area contributed by atoms with Crippen LogP contribution in [0.3, 0.4) is 0 Å². The van der Waals surface area contributed by atoms with Crippen molar-refractivity contribution in [3.8, 4) is 0 Å². The van der Waals surface area contributed by atoms with Crippen LogP contribution in [0.4, 0.5) is 8.78 Å². The number of H-pyrrole nitrogens is 1. The highest BCUT2D eigenvalue weighted by molar-refractivity contribution is 5.78. The number of benzene rings is 1. The molecule has 0 atom stereocenters.